The van der Waals surface area contributed by atoms with Crippen molar-refractivity contribution in [2.45, 2.75) is 31.7 Å². The molecule has 4 rings (SSSR count). The van der Waals surface area contributed by atoms with Crippen LogP contribution in [0.5, 0.6) is 5.88 Å². The Labute approximate surface area is 156 Å². The zero-order chi connectivity index (χ0) is 18.1. The molecule has 1 atom stereocenters. The Hall–Kier alpha value is -2.41. The summed E-state index contributed by atoms with van der Waals surface area (Å²) in [6.07, 6.45) is 5.65. The molecule has 6 nitrogen and oxygen atoms in total. The largest absolute Gasteiger partial charge is 0.480 e. The van der Waals surface area contributed by atoms with Crippen LogP contribution in [0.3, 0.4) is 0 Å². The lowest BCUT2D eigenvalue weighted by Crippen LogP contribution is -2.31. The van der Waals surface area contributed by atoms with E-state index in [9.17, 15) is 9.59 Å². The van der Waals surface area contributed by atoms with Crippen molar-refractivity contribution in [3.8, 4) is 5.88 Å². The van der Waals surface area contributed by atoms with Gasteiger partial charge >= 0.3 is 0 Å². The van der Waals surface area contributed by atoms with Gasteiger partial charge in [-0.1, -0.05) is 0 Å². The van der Waals surface area contributed by atoms with Gasteiger partial charge < -0.3 is 15.0 Å². The summed E-state index contributed by atoms with van der Waals surface area (Å²) in [5.41, 5.74) is 0.543. The third-order valence-corrected chi connectivity index (χ3v) is 6.04. The lowest BCUT2D eigenvalue weighted by Gasteiger charge is -2.23. The normalized spacial score (nSPS) is 19.4. The lowest BCUT2D eigenvalue weighted by molar-refractivity contribution is -0.133. The predicted octanol–water partition coefficient (Wildman–Crippen LogP) is 3.48. The number of ether oxygens (including phenoxy) is 1. The topological polar surface area (TPSA) is 71.5 Å². The van der Waals surface area contributed by atoms with Gasteiger partial charge in [-0.15, -0.1) is 11.3 Å². The smallest absolute Gasteiger partial charge is 0.265 e. The van der Waals surface area contributed by atoms with E-state index in [1.165, 1.54) is 18.4 Å². The van der Waals surface area contributed by atoms with Crippen LogP contribution in [0.25, 0.3) is 0 Å². The minimum atomic E-state index is -0.189. The number of hydrogen-bond acceptors (Lipinski definition) is 5. The molecule has 2 fully saturated rings. The second-order valence-corrected chi connectivity index (χ2v) is 7.80. The monoisotopic (exact) mass is 371 g/mol. The number of pyridine rings is 1. The van der Waals surface area contributed by atoms with Crippen LogP contribution in [0.4, 0.5) is 5.69 Å². The number of hydrogen-bond donors (Lipinski definition) is 1. The van der Waals surface area contributed by atoms with Crippen molar-refractivity contribution in [2.75, 3.05) is 19.0 Å². The molecule has 7 heteroatoms. The Morgan fingerprint density at radius 3 is 2.88 bits per heavy atom. The lowest BCUT2D eigenvalue weighted by atomic mass is 10.2. The Morgan fingerprint density at radius 2 is 2.12 bits per heavy atom. The van der Waals surface area contributed by atoms with E-state index in [-0.39, 0.29) is 23.8 Å². The number of amides is 2. The summed E-state index contributed by atoms with van der Waals surface area (Å²) in [6, 6.07) is 7.42. The first-order chi connectivity index (χ1) is 12.7. The third-order valence-electron chi connectivity index (χ3n) is 4.85. The van der Waals surface area contributed by atoms with Crippen LogP contribution in [0, 0.1) is 5.92 Å². The summed E-state index contributed by atoms with van der Waals surface area (Å²) in [4.78, 5) is 32.9. The van der Waals surface area contributed by atoms with Gasteiger partial charge in [-0.3, -0.25) is 9.59 Å². The molecule has 1 saturated heterocycles. The number of carbonyl (C=O) groups is 2. The van der Waals surface area contributed by atoms with Gasteiger partial charge in [0.25, 0.3) is 5.91 Å². The van der Waals surface area contributed by atoms with Crippen molar-refractivity contribution in [1.29, 1.82) is 0 Å². The van der Waals surface area contributed by atoms with E-state index in [0.29, 0.717) is 16.4 Å². The van der Waals surface area contributed by atoms with Crippen molar-refractivity contribution in [3.63, 3.8) is 0 Å². The molecule has 0 unspecified atom stereocenters. The fourth-order valence-electron chi connectivity index (χ4n) is 3.38. The van der Waals surface area contributed by atoms with Crippen molar-refractivity contribution in [3.05, 3.63) is 40.2 Å². The first-order valence-electron chi connectivity index (χ1n) is 8.88. The van der Waals surface area contributed by atoms with Crippen LogP contribution in [0.15, 0.2) is 30.5 Å². The quantitative estimate of drug-likeness (QED) is 0.873. The van der Waals surface area contributed by atoms with Gasteiger partial charge in [-0.2, -0.15) is 0 Å². The van der Waals surface area contributed by atoms with E-state index in [4.69, 9.17) is 4.74 Å². The molecular formula is C19H21N3O3S. The summed E-state index contributed by atoms with van der Waals surface area (Å²) in [6.45, 7) is 0.826. The summed E-state index contributed by atoms with van der Waals surface area (Å²) in [7, 11) is 1.52. The predicted molar refractivity (Wildman–Crippen MR) is 99.5 cm³/mol. The Kier molecular flexibility index (Phi) is 4.63. The number of likely N-dealkylation sites (tertiary alicyclic amines) is 1. The highest BCUT2D eigenvalue weighted by Crippen LogP contribution is 2.40. The number of nitrogens with zero attached hydrogens (tertiary/aromatic N) is 2. The maximum absolute atomic E-state index is 12.6. The Bertz CT molecular complexity index is 831. The highest BCUT2D eigenvalue weighted by atomic mass is 32.1. The molecule has 26 heavy (non-hydrogen) atoms. The number of rotatable bonds is 5. The van der Waals surface area contributed by atoms with Crippen LogP contribution in [0.2, 0.25) is 0 Å². The SMILES string of the molecule is COc1ncccc1NC(=O)c1ccc([C@@H]2CCCN2C(=O)C2CC2)s1. The molecule has 1 N–H and O–H groups in total. The number of nitrogens with one attached hydrogen (secondary N) is 1. The molecule has 0 bridgehead atoms. The van der Waals surface area contributed by atoms with Gasteiger partial charge in [-0.25, -0.2) is 4.98 Å². The molecule has 0 spiro atoms. The molecule has 136 valence electrons. The molecule has 2 amide bonds. The molecule has 2 aliphatic rings. The molecule has 3 heterocycles. The molecule has 0 radical (unpaired) electrons. The van der Waals surface area contributed by atoms with Gasteiger partial charge in [0.05, 0.1) is 18.0 Å². The molecule has 1 aliphatic heterocycles. The fourth-order valence-corrected chi connectivity index (χ4v) is 4.43. The number of anilines is 1. The van der Waals surface area contributed by atoms with Gasteiger partial charge in [0.15, 0.2) is 0 Å². The van der Waals surface area contributed by atoms with Crippen molar-refractivity contribution in [2.24, 2.45) is 5.92 Å². The van der Waals surface area contributed by atoms with Gasteiger partial charge in [0, 0.05) is 23.5 Å². The van der Waals surface area contributed by atoms with E-state index in [0.717, 1.165) is 37.1 Å². The van der Waals surface area contributed by atoms with Gasteiger partial charge in [0.1, 0.15) is 5.69 Å². The van der Waals surface area contributed by atoms with Gasteiger partial charge in [0.2, 0.25) is 11.8 Å². The Balaban J connectivity index is 1.48. The first-order valence-corrected chi connectivity index (χ1v) is 9.69. The van der Waals surface area contributed by atoms with Crippen molar-refractivity contribution >= 4 is 28.8 Å². The number of methoxy groups -OCH3 is 1. The van der Waals surface area contributed by atoms with Crippen LogP contribution in [0.1, 0.15) is 46.3 Å². The summed E-state index contributed by atoms with van der Waals surface area (Å²) < 4.78 is 5.17. The maximum Gasteiger partial charge on any atom is 0.265 e. The van der Waals surface area contributed by atoms with E-state index in [1.807, 2.05) is 17.0 Å². The standard InChI is InChI=1S/C19H21N3O3S/c1-25-18-13(4-2-10-20-18)21-17(23)16-9-8-15(26-16)14-5-3-11-22(14)19(24)12-6-7-12/h2,4,8-10,12,14H,3,5-7,11H2,1H3,(H,21,23)/t14-/m0/s1. The fraction of sp³-hybridized carbons (Fsp3) is 0.421. The molecular weight excluding hydrogens is 350 g/mol. The zero-order valence-electron chi connectivity index (χ0n) is 14.6. The highest BCUT2D eigenvalue weighted by molar-refractivity contribution is 7.14. The van der Waals surface area contributed by atoms with Crippen LogP contribution in [-0.2, 0) is 4.79 Å². The zero-order valence-corrected chi connectivity index (χ0v) is 15.4. The highest BCUT2D eigenvalue weighted by Gasteiger charge is 2.39. The van der Waals surface area contributed by atoms with Crippen molar-refractivity contribution in [1.82, 2.24) is 9.88 Å². The molecule has 0 aromatic carbocycles. The van der Waals surface area contributed by atoms with E-state index >= 15 is 0 Å². The minimum Gasteiger partial charge on any atom is -0.480 e. The second-order valence-electron chi connectivity index (χ2n) is 6.68. The van der Waals surface area contributed by atoms with E-state index < -0.39 is 0 Å². The number of aromatic nitrogens is 1. The van der Waals surface area contributed by atoms with Crippen LogP contribution >= 0.6 is 11.3 Å². The average Bonchev–Trinajstić information content (AvgIpc) is 3.19. The molecule has 2 aromatic rings. The third kappa shape index (κ3) is 3.31. The van der Waals surface area contributed by atoms with Crippen LogP contribution in [-0.4, -0.2) is 35.4 Å². The number of carbonyl (C=O) groups excluding carboxylic acids is 2. The summed E-state index contributed by atoms with van der Waals surface area (Å²) >= 11 is 1.46. The van der Waals surface area contributed by atoms with Crippen LogP contribution < -0.4 is 10.1 Å². The van der Waals surface area contributed by atoms with Crippen molar-refractivity contribution < 1.29 is 14.3 Å². The molecule has 1 saturated carbocycles. The molecule has 1 aliphatic carbocycles. The first kappa shape index (κ1) is 17.0. The molecule has 2 aromatic heterocycles. The maximum atomic E-state index is 12.6. The summed E-state index contributed by atoms with van der Waals surface area (Å²) in [5, 5.41) is 2.85. The van der Waals surface area contributed by atoms with Gasteiger partial charge in [-0.05, 0) is 49.9 Å². The van der Waals surface area contributed by atoms with E-state index in [1.54, 1.807) is 18.3 Å². The number of thiophene rings is 1. The Morgan fingerprint density at radius 1 is 1.27 bits per heavy atom. The average molecular weight is 371 g/mol. The van der Waals surface area contributed by atoms with E-state index in [2.05, 4.69) is 10.3 Å². The summed E-state index contributed by atoms with van der Waals surface area (Å²) in [5.74, 6) is 0.712. The second kappa shape index (κ2) is 7.07. The minimum absolute atomic E-state index is 0.113.